The van der Waals surface area contributed by atoms with Crippen molar-refractivity contribution >= 4 is 18.8 Å². The molecule has 21 heavy (non-hydrogen) atoms. The molecule has 0 amide bonds. The number of nitrogens with zero attached hydrogens (tertiary/aromatic N) is 1. The Hall–Kier alpha value is -1.64. The van der Waals surface area contributed by atoms with Gasteiger partial charge in [0.15, 0.2) is 0 Å². The Labute approximate surface area is 129 Å². The number of hydrogen-bond donors (Lipinski definition) is 0. The van der Waals surface area contributed by atoms with Crippen molar-refractivity contribution in [3.8, 4) is 0 Å². The molecule has 0 bridgehead atoms. The average molecular weight is 296 g/mol. The number of hydrogen-bond acceptors (Lipinski definition) is 1. The van der Waals surface area contributed by atoms with E-state index < -0.39 is 8.07 Å². The molecule has 0 fully saturated rings. The van der Waals surface area contributed by atoms with Gasteiger partial charge < -0.3 is 4.90 Å². The van der Waals surface area contributed by atoms with Gasteiger partial charge in [-0.05, 0) is 37.0 Å². The Bertz CT molecular complexity index is 597. The van der Waals surface area contributed by atoms with Crippen molar-refractivity contribution in [2.75, 3.05) is 20.3 Å². The largest absolute Gasteiger partial charge is 0.312 e. The van der Waals surface area contributed by atoms with Gasteiger partial charge >= 0.3 is 0 Å². The van der Waals surface area contributed by atoms with Crippen molar-refractivity contribution < 1.29 is 0 Å². The summed E-state index contributed by atoms with van der Waals surface area (Å²) < 4.78 is 0. The summed E-state index contributed by atoms with van der Waals surface area (Å²) in [6.07, 6.45) is 1.17. The molecule has 0 aliphatic heterocycles. The van der Waals surface area contributed by atoms with Crippen LogP contribution in [0.25, 0.3) is 5.57 Å². The predicted octanol–water partition coefficient (Wildman–Crippen LogP) is 3.76. The summed E-state index contributed by atoms with van der Waals surface area (Å²) in [4.78, 5) is 2.29. The minimum absolute atomic E-state index is 1.09. The molecule has 0 aliphatic carbocycles. The molecule has 2 aromatic carbocycles. The van der Waals surface area contributed by atoms with Gasteiger partial charge in [-0.25, -0.2) is 0 Å². The van der Waals surface area contributed by atoms with Crippen molar-refractivity contribution in [1.82, 2.24) is 4.90 Å². The van der Waals surface area contributed by atoms with E-state index in [1.54, 1.807) is 0 Å². The normalized spacial score (nSPS) is 11.7. The Morgan fingerprint density at radius 3 is 1.95 bits per heavy atom. The third-order valence-electron chi connectivity index (χ3n) is 3.85. The lowest BCUT2D eigenvalue weighted by atomic mass is 10.00. The van der Waals surface area contributed by atoms with Gasteiger partial charge in [0.25, 0.3) is 0 Å². The van der Waals surface area contributed by atoms with E-state index in [1.807, 2.05) is 6.07 Å². The van der Waals surface area contributed by atoms with Crippen LogP contribution in [0.3, 0.4) is 0 Å². The van der Waals surface area contributed by atoms with Crippen LogP contribution in [-0.4, -0.2) is 33.2 Å². The Kier molecular flexibility index (Phi) is 4.81. The first-order chi connectivity index (χ1) is 9.90. The fraction of sp³-hybridized carbons (Fsp3) is 0.263. The van der Waals surface area contributed by atoms with Gasteiger partial charge in [0, 0.05) is 0 Å². The summed E-state index contributed by atoms with van der Waals surface area (Å²) >= 11 is 0. The zero-order valence-electron chi connectivity index (χ0n) is 13.6. The summed E-state index contributed by atoms with van der Waals surface area (Å²) in [5, 5.41) is 1.50. The lowest BCUT2D eigenvalue weighted by molar-refractivity contribution is 0.472. The van der Waals surface area contributed by atoms with Gasteiger partial charge in [-0.3, -0.25) is 0 Å². The van der Waals surface area contributed by atoms with Crippen molar-refractivity contribution in [3.63, 3.8) is 0 Å². The molecular formula is C19H25NSi. The van der Waals surface area contributed by atoms with Crippen LogP contribution in [0.2, 0.25) is 13.1 Å². The van der Waals surface area contributed by atoms with E-state index in [-0.39, 0.29) is 0 Å². The molecule has 0 saturated heterocycles. The van der Waals surface area contributed by atoms with Crippen molar-refractivity contribution in [1.29, 1.82) is 0 Å². The number of benzene rings is 2. The van der Waals surface area contributed by atoms with Crippen LogP contribution in [0, 0.1) is 0 Å². The van der Waals surface area contributed by atoms with Gasteiger partial charge in [0.1, 0.15) is 0 Å². The second kappa shape index (κ2) is 6.42. The van der Waals surface area contributed by atoms with Crippen molar-refractivity contribution in [3.05, 3.63) is 72.3 Å². The topological polar surface area (TPSA) is 3.24 Å². The van der Waals surface area contributed by atoms with Crippen LogP contribution in [0.15, 0.2) is 61.2 Å². The maximum atomic E-state index is 4.24. The van der Waals surface area contributed by atoms with Crippen LogP contribution in [0.1, 0.15) is 11.1 Å². The average Bonchev–Trinajstić information content (AvgIpc) is 2.46. The van der Waals surface area contributed by atoms with Gasteiger partial charge in [-0.2, -0.15) is 0 Å². The maximum absolute atomic E-state index is 4.24. The highest BCUT2D eigenvalue weighted by molar-refractivity contribution is 6.89. The molecule has 0 aliphatic rings. The Morgan fingerprint density at radius 2 is 1.43 bits per heavy atom. The lowest BCUT2D eigenvalue weighted by Gasteiger charge is -2.27. The van der Waals surface area contributed by atoms with Crippen LogP contribution in [-0.2, 0) is 0 Å². The van der Waals surface area contributed by atoms with Gasteiger partial charge in [-0.15, -0.1) is 0 Å². The molecule has 0 atom stereocenters. The zero-order valence-corrected chi connectivity index (χ0v) is 14.6. The summed E-state index contributed by atoms with van der Waals surface area (Å²) in [5.41, 5.74) is 3.49. The van der Waals surface area contributed by atoms with E-state index in [0.29, 0.717) is 0 Å². The molecule has 0 radical (unpaired) electrons. The first kappa shape index (κ1) is 15.7. The fourth-order valence-corrected chi connectivity index (χ4v) is 5.64. The standard InChI is InChI=1S/C19H25NSi/c1-16(17-9-7-6-8-10-17)18-11-13-19(14-12-18)21(4,5)15-20(2)3/h6-14H,1,15H2,2-5H3. The lowest BCUT2D eigenvalue weighted by Crippen LogP contribution is -2.50. The molecule has 0 aromatic heterocycles. The van der Waals surface area contributed by atoms with E-state index in [1.165, 1.54) is 22.5 Å². The van der Waals surface area contributed by atoms with Gasteiger partial charge in [0.2, 0.25) is 0 Å². The van der Waals surface area contributed by atoms with E-state index in [2.05, 4.69) is 87.2 Å². The molecule has 2 heteroatoms. The molecule has 0 heterocycles. The first-order valence-corrected chi connectivity index (χ1v) is 10.6. The smallest absolute Gasteiger partial charge is 0.0948 e. The molecule has 1 nitrogen and oxygen atoms in total. The maximum Gasteiger partial charge on any atom is 0.0948 e. The van der Waals surface area contributed by atoms with Crippen molar-refractivity contribution in [2.24, 2.45) is 0 Å². The molecule has 0 saturated carbocycles. The summed E-state index contributed by atoms with van der Waals surface area (Å²) in [6, 6.07) is 19.4. The minimum Gasteiger partial charge on any atom is -0.312 e. The third-order valence-corrected chi connectivity index (χ3v) is 7.17. The molecule has 0 spiro atoms. The predicted molar refractivity (Wildman–Crippen MR) is 96.7 cm³/mol. The molecule has 0 N–H and O–H groups in total. The monoisotopic (exact) mass is 295 g/mol. The SMILES string of the molecule is C=C(c1ccccc1)c1ccc([Si](C)(C)CN(C)C)cc1. The molecular weight excluding hydrogens is 270 g/mol. The second-order valence-corrected chi connectivity index (χ2v) is 11.2. The van der Waals surface area contributed by atoms with Gasteiger partial charge in [-0.1, -0.05) is 79.5 Å². The van der Waals surface area contributed by atoms with Crippen LogP contribution in [0.4, 0.5) is 0 Å². The Morgan fingerprint density at radius 1 is 0.905 bits per heavy atom. The molecule has 2 aromatic rings. The quantitative estimate of drug-likeness (QED) is 0.759. The van der Waals surface area contributed by atoms with Crippen LogP contribution >= 0.6 is 0 Å². The van der Waals surface area contributed by atoms with E-state index >= 15 is 0 Å². The first-order valence-electron chi connectivity index (χ1n) is 7.40. The third kappa shape index (κ3) is 3.93. The summed E-state index contributed by atoms with van der Waals surface area (Å²) in [7, 11) is 2.92. The molecule has 0 unspecified atom stereocenters. The highest BCUT2D eigenvalue weighted by Crippen LogP contribution is 2.20. The van der Waals surface area contributed by atoms with Crippen LogP contribution < -0.4 is 5.19 Å². The molecule has 110 valence electrons. The highest BCUT2D eigenvalue weighted by atomic mass is 28.3. The van der Waals surface area contributed by atoms with E-state index in [9.17, 15) is 0 Å². The zero-order chi connectivity index (χ0) is 15.5. The fourth-order valence-electron chi connectivity index (χ4n) is 2.81. The van der Waals surface area contributed by atoms with Crippen molar-refractivity contribution in [2.45, 2.75) is 13.1 Å². The summed E-state index contributed by atoms with van der Waals surface area (Å²) in [6.45, 7) is 9.09. The summed E-state index contributed by atoms with van der Waals surface area (Å²) in [5.74, 6) is 0. The highest BCUT2D eigenvalue weighted by Gasteiger charge is 2.24. The molecule has 2 rings (SSSR count). The minimum atomic E-state index is -1.38. The number of rotatable bonds is 5. The van der Waals surface area contributed by atoms with E-state index in [0.717, 1.165) is 5.57 Å². The second-order valence-electron chi connectivity index (χ2n) is 6.54. The Balaban J connectivity index is 2.21. The van der Waals surface area contributed by atoms with E-state index in [4.69, 9.17) is 0 Å². The van der Waals surface area contributed by atoms with Gasteiger partial charge in [0.05, 0.1) is 8.07 Å². The van der Waals surface area contributed by atoms with Crippen LogP contribution in [0.5, 0.6) is 0 Å².